The van der Waals surface area contributed by atoms with Gasteiger partial charge in [0.05, 0.1) is 0 Å². The molecule has 0 aliphatic carbocycles. The molecule has 1 atom stereocenters. The van der Waals surface area contributed by atoms with Gasteiger partial charge in [0.1, 0.15) is 5.82 Å². The molecule has 0 aliphatic rings. The van der Waals surface area contributed by atoms with E-state index in [9.17, 15) is 4.39 Å². The number of benzene rings is 1. The van der Waals surface area contributed by atoms with Gasteiger partial charge in [-0.05, 0) is 49.4 Å². The Balaban J connectivity index is 2.01. The zero-order chi connectivity index (χ0) is 14.4. The second-order valence-electron chi connectivity index (χ2n) is 4.78. The van der Waals surface area contributed by atoms with Crippen molar-refractivity contribution in [3.63, 3.8) is 0 Å². The molecule has 0 saturated carbocycles. The van der Waals surface area contributed by atoms with Crippen LogP contribution in [0.15, 0.2) is 35.7 Å². The summed E-state index contributed by atoms with van der Waals surface area (Å²) in [6.45, 7) is 2.95. The van der Waals surface area contributed by atoms with Gasteiger partial charge in [0.25, 0.3) is 0 Å². The summed E-state index contributed by atoms with van der Waals surface area (Å²) in [5.74, 6) is -0.212. The fourth-order valence-electron chi connectivity index (χ4n) is 2.31. The van der Waals surface area contributed by atoms with Crippen molar-refractivity contribution in [1.82, 2.24) is 5.32 Å². The molecular formula is C16H19ClFNS. The lowest BCUT2D eigenvalue weighted by atomic mass is 10.0. The quantitative estimate of drug-likeness (QED) is 0.782. The van der Waals surface area contributed by atoms with Crippen LogP contribution in [-0.2, 0) is 12.8 Å². The van der Waals surface area contributed by atoms with Crippen LogP contribution in [0.5, 0.6) is 0 Å². The van der Waals surface area contributed by atoms with Gasteiger partial charge in [-0.3, -0.25) is 0 Å². The van der Waals surface area contributed by atoms with Crippen molar-refractivity contribution in [1.29, 1.82) is 0 Å². The van der Waals surface area contributed by atoms with Crippen molar-refractivity contribution in [2.75, 3.05) is 6.54 Å². The molecule has 0 fully saturated rings. The zero-order valence-corrected chi connectivity index (χ0v) is 13.1. The maximum Gasteiger partial charge on any atom is 0.127 e. The van der Waals surface area contributed by atoms with Gasteiger partial charge in [0, 0.05) is 21.5 Å². The van der Waals surface area contributed by atoms with Crippen molar-refractivity contribution in [3.8, 4) is 0 Å². The van der Waals surface area contributed by atoms with Crippen molar-refractivity contribution < 1.29 is 4.39 Å². The van der Waals surface area contributed by atoms with Crippen LogP contribution in [0, 0.1) is 5.82 Å². The first kappa shape index (κ1) is 15.5. The highest BCUT2D eigenvalue weighted by Crippen LogP contribution is 2.22. The molecule has 108 valence electrons. The minimum Gasteiger partial charge on any atom is -0.314 e. The first-order valence-electron chi connectivity index (χ1n) is 6.89. The molecule has 0 saturated heterocycles. The molecule has 2 aromatic rings. The summed E-state index contributed by atoms with van der Waals surface area (Å²) in [7, 11) is 0. The van der Waals surface area contributed by atoms with E-state index in [0.29, 0.717) is 17.0 Å². The monoisotopic (exact) mass is 311 g/mol. The number of rotatable bonds is 7. The summed E-state index contributed by atoms with van der Waals surface area (Å²) in [6, 6.07) is 9.33. The number of hydrogen-bond acceptors (Lipinski definition) is 2. The van der Waals surface area contributed by atoms with E-state index >= 15 is 0 Å². The predicted molar refractivity (Wildman–Crippen MR) is 85.2 cm³/mol. The first-order chi connectivity index (χ1) is 9.70. The maximum atomic E-state index is 13.9. The van der Waals surface area contributed by atoms with Gasteiger partial charge in [-0.25, -0.2) is 4.39 Å². The van der Waals surface area contributed by atoms with E-state index in [2.05, 4.69) is 29.8 Å². The van der Waals surface area contributed by atoms with E-state index in [1.165, 1.54) is 10.9 Å². The van der Waals surface area contributed by atoms with Crippen LogP contribution < -0.4 is 5.32 Å². The van der Waals surface area contributed by atoms with E-state index in [4.69, 9.17) is 11.6 Å². The third-order valence-electron chi connectivity index (χ3n) is 3.32. The van der Waals surface area contributed by atoms with Crippen LogP contribution in [0.4, 0.5) is 4.39 Å². The fourth-order valence-corrected chi connectivity index (χ4v) is 3.27. The second kappa shape index (κ2) is 7.77. The lowest BCUT2D eigenvalue weighted by Gasteiger charge is -2.18. The number of halogens is 2. The zero-order valence-electron chi connectivity index (χ0n) is 11.5. The van der Waals surface area contributed by atoms with Crippen LogP contribution in [0.25, 0.3) is 0 Å². The SMILES string of the molecule is CCNC(CCc1cccs1)Cc1c(F)cccc1Cl. The molecule has 1 heterocycles. The standard InChI is InChI=1S/C16H19ClFNS/c1-2-19-12(8-9-13-5-4-10-20-13)11-14-15(17)6-3-7-16(14)18/h3-7,10,12,19H,2,8-9,11H2,1H3. The van der Waals surface area contributed by atoms with E-state index in [0.717, 1.165) is 19.4 Å². The van der Waals surface area contributed by atoms with Crippen LogP contribution in [0.2, 0.25) is 5.02 Å². The average Bonchev–Trinajstić information content (AvgIpc) is 2.93. The number of aryl methyl sites for hydroxylation is 1. The Morgan fingerprint density at radius 1 is 1.30 bits per heavy atom. The molecule has 2 rings (SSSR count). The summed E-state index contributed by atoms with van der Waals surface area (Å²) < 4.78 is 13.9. The molecule has 1 N–H and O–H groups in total. The number of nitrogens with one attached hydrogen (secondary N) is 1. The maximum absolute atomic E-state index is 13.9. The van der Waals surface area contributed by atoms with E-state index in [1.54, 1.807) is 23.5 Å². The number of likely N-dealkylation sites (N-methyl/N-ethyl adjacent to an activating group) is 1. The van der Waals surface area contributed by atoms with Gasteiger partial charge in [0.15, 0.2) is 0 Å². The predicted octanol–water partition coefficient (Wildman–Crippen LogP) is 4.69. The Bertz CT molecular complexity index is 507. The molecule has 0 aliphatic heterocycles. The van der Waals surface area contributed by atoms with Crippen molar-refractivity contribution >= 4 is 22.9 Å². The molecule has 1 aromatic heterocycles. The molecule has 0 radical (unpaired) electrons. The van der Waals surface area contributed by atoms with E-state index < -0.39 is 0 Å². The van der Waals surface area contributed by atoms with Crippen molar-refractivity contribution in [3.05, 3.63) is 57.0 Å². The Morgan fingerprint density at radius 3 is 2.80 bits per heavy atom. The molecule has 1 unspecified atom stereocenters. The minimum atomic E-state index is -0.212. The van der Waals surface area contributed by atoms with E-state index in [-0.39, 0.29) is 11.9 Å². The highest BCUT2D eigenvalue weighted by atomic mass is 35.5. The van der Waals surface area contributed by atoms with Crippen molar-refractivity contribution in [2.45, 2.75) is 32.2 Å². The minimum absolute atomic E-state index is 0.212. The van der Waals surface area contributed by atoms with Crippen LogP contribution >= 0.6 is 22.9 Å². The lowest BCUT2D eigenvalue weighted by Crippen LogP contribution is -2.31. The molecule has 0 bridgehead atoms. The summed E-state index contributed by atoms with van der Waals surface area (Å²) in [6.07, 6.45) is 2.63. The Hall–Kier alpha value is -0.900. The fraction of sp³-hybridized carbons (Fsp3) is 0.375. The number of thiophene rings is 1. The summed E-state index contributed by atoms with van der Waals surface area (Å²) in [4.78, 5) is 1.37. The molecule has 1 nitrogen and oxygen atoms in total. The largest absolute Gasteiger partial charge is 0.314 e. The van der Waals surface area contributed by atoms with Crippen LogP contribution in [0.1, 0.15) is 23.8 Å². The third-order valence-corrected chi connectivity index (χ3v) is 4.61. The van der Waals surface area contributed by atoms with Crippen molar-refractivity contribution in [2.24, 2.45) is 0 Å². The Kier molecular flexibility index (Phi) is 6.02. The van der Waals surface area contributed by atoms with Gasteiger partial charge in [-0.1, -0.05) is 30.7 Å². The summed E-state index contributed by atoms with van der Waals surface area (Å²) in [5, 5.41) is 6.03. The van der Waals surface area contributed by atoms with Crippen LogP contribution in [-0.4, -0.2) is 12.6 Å². The van der Waals surface area contributed by atoms with Gasteiger partial charge in [-0.2, -0.15) is 0 Å². The average molecular weight is 312 g/mol. The highest BCUT2D eigenvalue weighted by Gasteiger charge is 2.14. The number of hydrogen-bond donors (Lipinski definition) is 1. The molecular weight excluding hydrogens is 293 g/mol. The van der Waals surface area contributed by atoms with Gasteiger partial charge in [0.2, 0.25) is 0 Å². The summed E-state index contributed by atoms with van der Waals surface area (Å²) in [5.41, 5.74) is 0.617. The van der Waals surface area contributed by atoms with Gasteiger partial charge in [-0.15, -0.1) is 11.3 Å². The lowest BCUT2D eigenvalue weighted by molar-refractivity contribution is 0.481. The molecule has 20 heavy (non-hydrogen) atoms. The third kappa shape index (κ3) is 4.30. The Labute approximate surface area is 128 Å². The van der Waals surface area contributed by atoms with E-state index in [1.807, 2.05) is 0 Å². The highest BCUT2D eigenvalue weighted by molar-refractivity contribution is 7.09. The normalized spacial score (nSPS) is 12.6. The van der Waals surface area contributed by atoms with Gasteiger partial charge >= 0.3 is 0 Å². The Morgan fingerprint density at radius 2 is 2.15 bits per heavy atom. The topological polar surface area (TPSA) is 12.0 Å². The van der Waals surface area contributed by atoms with Crippen LogP contribution in [0.3, 0.4) is 0 Å². The molecule has 0 spiro atoms. The second-order valence-corrected chi connectivity index (χ2v) is 6.22. The smallest absolute Gasteiger partial charge is 0.127 e. The summed E-state index contributed by atoms with van der Waals surface area (Å²) >= 11 is 7.88. The molecule has 4 heteroatoms. The molecule has 1 aromatic carbocycles. The molecule has 0 amide bonds. The first-order valence-corrected chi connectivity index (χ1v) is 8.15. The van der Waals surface area contributed by atoms with Gasteiger partial charge < -0.3 is 5.32 Å².